The molecular weight excluding hydrogens is 388 g/mol. The van der Waals surface area contributed by atoms with Gasteiger partial charge in [0.1, 0.15) is 5.15 Å². The Hall–Kier alpha value is -2.71. The molecule has 0 aromatic carbocycles. The first-order valence-corrected chi connectivity index (χ1v) is 10.2. The van der Waals surface area contributed by atoms with E-state index in [1.807, 2.05) is 29.2 Å². The van der Waals surface area contributed by atoms with Crippen molar-refractivity contribution in [3.8, 4) is 11.1 Å². The minimum Gasteiger partial charge on any atom is -0.350 e. The van der Waals surface area contributed by atoms with Crippen molar-refractivity contribution in [2.75, 3.05) is 19.4 Å². The van der Waals surface area contributed by atoms with E-state index in [9.17, 15) is 0 Å². The third-order valence-electron chi connectivity index (χ3n) is 5.81. The quantitative estimate of drug-likeness (QED) is 0.556. The Morgan fingerprint density at radius 1 is 1.07 bits per heavy atom. The van der Waals surface area contributed by atoms with Crippen molar-refractivity contribution in [3.05, 3.63) is 42.2 Å². The van der Waals surface area contributed by atoms with Gasteiger partial charge in [0.2, 0.25) is 11.7 Å². The summed E-state index contributed by atoms with van der Waals surface area (Å²) in [7, 11) is 4.32. The molecular formula is C20H23ClN8. The first kappa shape index (κ1) is 18.3. The molecule has 0 unspecified atom stereocenters. The predicted octanol–water partition coefficient (Wildman–Crippen LogP) is 3.38. The second-order valence-electron chi connectivity index (χ2n) is 7.85. The second-order valence-corrected chi connectivity index (χ2v) is 8.24. The smallest absolute Gasteiger partial charge is 0.241 e. The van der Waals surface area contributed by atoms with Crippen LogP contribution in [0.4, 0.5) is 5.95 Å². The molecule has 0 amide bonds. The lowest BCUT2D eigenvalue weighted by Crippen LogP contribution is -2.36. The molecule has 5 rings (SSSR count). The highest BCUT2D eigenvalue weighted by atomic mass is 35.5. The van der Waals surface area contributed by atoms with Gasteiger partial charge >= 0.3 is 0 Å². The molecule has 29 heavy (non-hydrogen) atoms. The van der Waals surface area contributed by atoms with Crippen LogP contribution in [0.1, 0.15) is 25.7 Å². The first-order valence-electron chi connectivity index (χ1n) is 9.85. The van der Waals surface area contributed by atoms with Gasteiger partial charge in [0.15, 0.2) is 0 Å². The van der Waals surface area contributed by atoms with Crippen LogP contribution in [0.15, 0.2) is 37.1 Å². The SMILES string of the molecule is CN(C)C1CCC(Nc2ncc3c(-c4cnc5ncc(Cl)n5c4)ccn3n2)CC1. The normalized spacial score (nSPS) is 20.0. The third kappa shape index (κ3) is 3.42. The number of nitrogens with one attached hydrogen (secondary N) is 1. The fourth-order valence-corrected chi connectivity index (χ4v) is 4.29. The van der Waals surface area contributed by atoms with Crippen LogP contribution in [-0.4, -0.2) is 60.0 Å². The minimum absolute atomic E-state index is 0.425. The van der Waals surface area contributed by atoms with E-state index in [-0.39, 0.29) is 0 Å². The molecule has 4 aromatic rings. The van der Waals surface area contributed by atoms with Gasteiger partial charge in [-0.1, -0.05) is 11.6 Å². The Bertz CT molecular complexity index is 1160. The molecule has 8 nitrogen and oxygen atoms in total. The van der Waals surface area contributed by atoms with Gasteiger partial charge in [-0.3, -0.25) is 4.40 Å². The fraction of sp³-hybridized carbons (Fsp3) is 0.400. The van der Waals surface area contributed by atoms with E-state index in [1.54, 1.807) is 16.8 Å². The number of fused-ring (bicyclic) bond motifs is 2. The number of imidazole rings is 1. The maximum absolute atomic E-state index is 6.18. The van der Waals surface area contributed by atoms with Gasteiger partial charge in [0, 0.05) is 41.8 Å². The first-order chi connectivity index (χ1) is 14.1. The number of hydrogen-bond acceptors (Lipinski definition) is 6. The van der Waals surface area contributed by atoms with E-state index in [0.717, 1.165) is 29.5 Å². The van der Waals surface area contributed by atoms with Crippen molar-refractivity contribution in [3.63, 3.8) is 0 Å². The Kier molecular flexibility index (Phi) is 4.60. The van der Waals surface area contributed by atoms with Crippen molar-refractivity contribution in [1.29, 1.82) is 0 Å². The van der Waals surface area contributed by atoms with Crippen molar-refractivity contribution in [2.24, 2.45) is 0 Å². The van der Waals surface area contributed by atoms with E-state index in [0.29, 0.717) is 29.0 Å². The summed E-state index contributed by atoms with van der Waals surface area (Å²) in [4.78, 5) is 15.4. The molecule has 0 spiro atoms. The van der Waals surface area contributed by atoms with E-state index >= 15 is 0 Å². The van der Waals surface area contributed by atoms with Crippen LogP contribution >= 0.6 is 11.6 Å². The van der Waals surface area contributed by atoms with Crippen LogP contribution in [0.3, 0.4) is 0 Å². The van der Waals surface area contributed by atoms with E-state index in [2.05, 4.69) is 44.4 Å². The summed E-state index contributed by atoms with van der Waals surface area (Å²) < 4.78 is 3.62. The van der Waals surface area contributed by atoms with Gasteiger partial charge in [-0.25, -0.2) is 19.5 Å². The van der Waals surface area contributed by atoms with Gasteiger partial charge in [-0.05, 0) is 45.8 Å². The lowest BCUT2D eigenvalue weighted by Gasteiger charge is -2.32. The molecule has 9 heteroatoms. The van der Waals surface area contributed by atoms with E-state index < -0.39 is 0 Å². The Balaban J connectivity index is 1.38. The molecule has 1 aliphatic rings. The van der Waals surface area contributed by atoms with E-state index in [1.165, 1.54) is 12.8 Å². The summed E-state index contributed by atoms with van der Waals surface area (Å²) in [6.45, 7) is 0. The van der Waals surface area contributed by atoms with Gasteiger partial charge < -0.3 is 10.2 Å². The van der Waals surface area contributed by atoms with Crippen molar-refractivity contribution in [2.45, 2.75) is 37.8 Å². The molecule has 0 atom stereocenters. The molecule has 1 N–H and O–H groups in total. The van der Waals surface area contributed by atoms with Gasteiger partial charge in [-0.15, -0.1) is 5.10 Å². The molecule has 0 saturated heterocycles. The zero-order chi connectivity index (χ0) is 20.0. The Morgan fingerprint density at radius 2 is 1.86 bits per heavy atom. The average molecular weight is 411 g/mol. The molecule has 4 aromatic heterocycles. The molecule has 150 valence electrons. The lowest BCUT2D eigenvalue weighted by atomic mass is 9.91. The molecule has 0 aliphatic heterocycles. The van der Waals surface area contributed by atoms with Crippen molar-refractivity contribution in [1.82, 2.24) is 33.9 Å². The topological polar surface area (TPSA) is 75.6 Å². The number of rotatable bonds is 4. The number of hydrogen-bond donors (Lipinski definition) is 1. The van der Waals surface area contributed by atoms with Gasteiger partial charge in [0.25, 0.3) is 0 Å². The Labute approximate surface area is 173 Å². The standard InChI is InChI=1S/C20H23ClN8/c1-27(2)15-5-3-14(4-6-15)25-19-22-10-17-16(7-8-29(17)26-19)13-9-23-20-24-11-18(21)28(20)12-13/h7-12,14-15H,3-6H2,1-2H3,(H,25,26). The van der Waals surface area contributed by atoms with Crippen LogP contribution in [0, 0.1) is 0 Å². The van der Waals surface area contributed by atoms with Crippen LogP contribution in [0.25, 0.3) is 22.4 Å². The molecule has 1 fully saturated rings. The van der Waals surface area contributed by atoms with Gasteiger partial charge in [-0.2, -0.15) is 0 Å². The summed E-state index contributed by atoms with van der Waals surface area (Å²) in [5.41, 5.74) is 2.86. The molecule has 0 bridgehead atoms. The monoisotopic (exact) mass is 410 g/mol. The average Bonchev–Trinajstić information content (AvgIpc) is 3.31. The number of aromatic nitrogens is 6. The molecule has 4 heterocycles. The number of anilines is 1. The Morgan fingerprint density at radius 3 is 2.66 bits per heavy atom. The van der Waals surface area contributed by atoms with Crippen LogP contribution < -0.4 is 5.32 Å². The van der Waals surface area contributed by atoms with Crippen LogP contribution in [0.5, 0.6) is 0 Å². The number of nitrogens with zero attached hydrogens (tertiary/aromatic N) is 7. The summed E-state index contributed by atoms with van der Waals surface area (Å²) in [6.07, 6.45) is 13.8. The molecule has 0 radical (unpaired) electrons. The maximum Gasteiger partial charge on any atom is 0.241 e. The highest BCUT2D eigenvalue weighted by Gasteiger charge is 2.23. The summed E-state index contributed by atoms with van der Waals surface area (Å²) in [5, 5.41) is 8.70. The summed E-state index contributed by atoms with van der Waals surface area (Å²) in [5.74, 6) is 1.24. The summed E-state index contributed by atoms with van der Waals surface area (Å²) >= 11 is 6.18. The highest BCUT2D eigenvalue weighted by molar-refractivity contribution is 6.29. The number of halogens is 1. The zero-order valence-corrected chi connectivity index (χ0v) is 17.2. The molecule has 1 saturated carbocycles. The zero-order valence-electron chi connectivity index (χ0n) is 16.5. The highest BCUT2D eigenvalue weighted by Crippen LogP contribution is 2.27. The van der Waals surface area contributed by atoms with Crippen LogP contribution in [0.2, 0.25) is 5.15 Å². The predicted molar refractivity (Wildman–Crippen MR) is 113 cm³/mol. The maximum atomic E-state index is 6.18. The summed E-state index contributed by atoms with van der Waals surface area (Å²) in [6, 6.07) is 3.12. The fourth-order valence-electron chi connectivity index (χ4n) is 4.11. The van der Waals surface area contributed by atoms with Crippen molar-refractivity contribution >= 4 is 28.8 Å². The minimum atomic E-state index is 0.425. The second kappa shape index (κ2) is 7.27. The van der Waals surface area contributed by atoms with Gasteiger partial charge in [0.05, 0.1) is 17.9 Å². The van der Waals surface area contributed by atoms with Crippen LogP contribution in [-0.2, 0) is 0 Å². The van der Waals surface area contributed by atoms with E-state index in [4.69, 9.17) is 11.6 Å². The lowest BCUT2D eigenvalue weighted by molar-refractivity contribution is 0.221. The largest absolute Gasteiger partial charge is 0.350 e. The molecule has 1 aliphatic carbocycles. The van der Waals surface area contributed by atoms with Crippen molar-refractivity contribution < 1.29 is 0 Å². The third-order valence-corrected chi connectivity index (χ3v) is 6.09.